The molecular formula is C9H20N2. The maximum absolute atomic E-state index is 5.71. The molecule has 1 rings (SSSR count). The van der Waals surface area contributed by atoms with E-state index in [1.807, 2.05) is 0 Å². The van der Waals surface area contributed by atoms with Crippen molar-refractivity contribution in [2.75, 3.05) is 13.6 Å². The van der Waals surface area contributed by atoms with Crippen LogP contribution in [0, 0.1) is 5.92 Å². The Morgan fingerprint density at radius 2 is 2.00 bits per heavy atom. The fraction of sp³-hybridized carbons (Fsp3) is 1.00. The van der Waals surface area contributed by atoms with Gasteiger partial charge in [-0.2, -0.15) is 0 Å². The lowest BCUT2D eigenvalue weighted by molar-refractivity contribution is 0.126. The molecule has 2 nitrogen and oxygen atoms in total. The lowest BCUT2D eigenvalue weighted by atomic mass is 9.86. The van der Waals surface area contributed by atoms with Crippen LogP contribution >= 0.6 is 0 Å². The molecule has 0 spiro atoms. The Kier molecular flexibility index (Phi) is 2.90. The van der Waals surface area contributed by atoms with E-state index < -0.39 is 0 Å². The molecule has 0 heterocycles. The van der Waals surface area contributed by atoms with Crippen molar-refractivity contribution in [3.05, 3.63) is 0 Å². The molecule has 0 aromatic rings. The zero-order valence-corrected chi connectivity index (χ0v) is 7.88. The van der Waals surface area contributed by atoms with Crippen LogP contribution in [-0.2, 0) is 0 Å². The van der Waals surface area contributed by atoms with Gasteiger partial charge in [0, 0.05) is 18.6 Å². The Labute approximate surface area is 69.8 Å². The molecule has 0 bridgehead atoms. The van der Waals surface area contributed by atoms with Crippen LogP contribution in [0.5, 0.6) is 0 Å². The Morgan fingerprint density at radius 3 is 2.36 bits per heavy atom. The topological polar surface area (TPSA) is 29.3 Å². The van der Waals surface area contributed by atoms with Gasteiger partial charge in [-0.15, -0.1) is 0 Å². The van der Waals surface area contributed by atoms with E-state index in [4.69, 9.17) is 5.73 Å². The molecular weight excluding hydrogens is 136 g/mol. The van der Waals surface area contributed by atoms with Crippen molar-refractivity contribution in [3.8, 4) is 0 Å². The minimum Gasteiger partial charge on any atom is -0.328 e. The molecule has 2 N–H and O–H groups in total. The molecule has 11 heavy (non-hydrogen) atoms. The second-order valence-corrected chi connectivity index (χ2v) is 4.22. The lowest BCUT2D eigenvalue weighted by Crippen LogP contribution is -2.49. The summed E-state index contributed by atoms with van der Waals surface area (Å²) in [6, 6.07) is 1.25. The highest BCUT2D eigenvalue weighted by Gasteiger charge is 2.28. The van der Waals surface area contributed by atoms with Crippen LogP contribution in [0.25, 0.3) is 0 Å². The minimum atomic E-state index is 0.481. The summed E-state index contributed by atoms with van der Waals surface area (Å²) in [4.78, 5) is 2.44. The number of nitrogens with two attached hydrogens (primary N) is 1. The zero-order valence-electron chi connectivity index (χ0n) is 7.88. The second kappa shape index (κ2) is 3.55. The summed E-state index contributed by atoms with van der Waals surface area (Å²) in [5, 5.41) is 0. The molecule has 0 radical (unpaired) electrons. The third-order valence-electron chi connectivity index (χ3n) is 2.43. The van der Waals surface area contributed by atoms with Crippen LogP contribution in [0.4, 0.5) is 0 Å². The van der Waals surface area contributed by atoms with Crippen molar-refractivity contribution >= 4 is 0 Å². The van der Waals surface area contributed by atoms with Gasteiger partial charge >= 0.3 is 0 Å². The summed E-state index contributed by atoms with van der Waals surface area (Å²) in [6.45, 7) is 5.72. The van der Waals surface area contributed by atoms with Crippen LogP contribution < -0.4 is 5.73 Å². The van der Waals surface area contributed by atoms with Crippen molar-refractivity contribution in [1.29, 1.82) is 0 Å². The molecule has 1 saturated carbocycles. The van der Waals surface area contributed by atoms with Gasteiger partial charge in [-0.3, -0.25) is 0 Å². The van der Waals surface area contributed by atoms with Gasteiger partial charge in [-0.05, 0) is 25.8 Å². The van der Waals surface area contributed by atoms with E-state index >= 15 is 0 Å². The first kappa shape index (κ1) is 9.01. The molecule has 2 heteroatoms. The highest BCUT2D eigenvalue weighted by Crippen LogP contribution is 2.23. The molecule has 0 aliphatic heterocycles. The van der Waals surface area contributed by atoms with Crippen LogP contribution in [0.3, 0.4) is 0 Å². The molecule has 0 atom stereocenters. The molecule has 0 aromatic heterocycles. The average Bonchev–Trinajstić information content (AvgIpc) is 1.79. The maximum Gasteiger partial charge on any atom is 0.0122 e. The third kappa shape index (κ3) is 2.46. The SMILES string of the molecule is CC(C)CN(C)C1CC(N)C1. The smallest absolute Gasteiger partial charge is 0.0122 e. The highest BCUT2D eigenvalue weighted by molar-refractivity contribution is 4.88. The van der Waals surface area contributed by atoms with Gasteiger partial charge in [0.1, 0.15) is 0 Å². The van der Waals surface area contributed by atoms with Crippen LogP contribution in [0.2, 0.25) is 0 Å². The monoisotopic (exact) mass is 156 g/mol. The number of hydrogen-bond acceptors (Lipinski definition) is 2. The molecule has 0 amide bonds. The van der Waals surface area contributed by atoms with Crippen molar-refractivity contribution in [2.24, 2.45) is 11.7 Å². The average molecular weight is 156 g/mol. The summed E-state index contributed by atoms with van der Waals surface area (Å²) >= 11 is 0. The molecule has 0 saturated heterocycles. The Hall–Kier alpha value is -0.0800. The number of hydrogen-bond donors (Lipinski definition) is 1. The Bertz CT molecular complexity index is 117. The van der Waals surface area contributed by atoms with Crippen LogP contribution in [0.1, 0.15) is 26.7 Å². The van der Waals surface area contributed by atoms with E-state index in [1.54, 1.807) is 0 Å². The molecule has 0 aromatic carbocycles. The summed E-state index contributed by atoms with van der Waals surface area (Å²) in [5.74, 6) is 0.775. The minimum absolute atomic E-state index is 0.481. The fourth-order valence-electron chi connectivity index (χ4n) is 1.71. The summed E-state index contributed by atoms with van der Waals surface area (Å²) in [7, 11) is 2.20. The summed E-state index contributed by atoms with van der Waals surface area (Å²) in [6.07, 6.45) is 2.40. The molecule has 66 valence electrons. The van der Waals surface area contributed by atoms with E-state index in [9.17, 15) is 0 Å². The van der Waals surface area contributed by atoms with Gasteiger partial charge in [0.05, 0.1) is 0 Å². The standard InChI is InChI=1S/C9H20N2/c1-7(2)6-11(3)9-4-8(10)5-9/h7-9H,4-6,10H2,1-3H3. The van der Waals surface area contributed by atoms with Gasteiger partial charge in [0.25, 0.3) is 0 Å². The van der Waals surface area contributed by atoms with E-state index in [1.165, 1.54) is 19.4 Å². The third-order valence-corrected chi connectivity index (χ3v) is 2.43. The van der Waals surface area contributed by atoms with Crippen molar-refractivity contribution in [2.45, 2.75) is 38.8 Å². The van der Waals surface area contributed by atoms with Gasteiger partial charge in [0.15, 0.2) is 0 Å². The second-order valence-electron chi connectivity index (χ2n) is 4.22. The van der Waals surface area contributed by atoms with Crippen LogP contribution in [0.15, 0.2) is 0 Å². The lowest BCUT2D eigenvalue weighted by Gasteiger charge is -2.40. The van der Waals surface area contributed by atoms with E-state index in [0.717, 1.165) is 12.0 Å². The Balaban J connectivity index is 2.16. The number of rotatable bonds is 3. The largest absolute Gasteiger partial charge is 0.328 e. The summed E-state index contributed by atoms with van der Waals surface area (Å²) in [5.41, 5.74) is 5.71. The Morgan fingerprint density at radius 1 is 1.45 bits per heavy atom. The maximum atomic E-state index is 5.71. The van der Waals surface area contributed by atoms with Crippen molar-refractivity contribution < 1.29 is 0 Å². The first-order chi connectivity index (χ1) is 5.09. The van der Waals surface area contributed by atoms with Gasteiger partial charge in [-0.25, -0.2) is 0 Å². The first-order valence-corrected chi connectivity index (χ1v) is 4.55. The predicted octanol–water partition coefficient (Wildman–Crippen LogP) is 1.06. The zero-order chi connectivity index (χ0) is 8.43. The van der Waals surface area contributed by atoms with Gasteiger partial charge < -0.3 is 10.6 Å². The fourth-order valence-corrected chi connectivity index (χ4v) is 1.71. The molecule has 1 aliphatic rings. The van der Waals surface area contributed by atoms with Gasteiger partial charge in [-0.1, -0.05) is 13.8 Å². The quantitative estimate of drug-likeness (QED) is 0.662. The predicted molar refractivity (Wildman–Crippen MR) is 48.5 cm³/mol. The normalized spacial score (nSPS) is 31.1. The van der Waals surface area contributed by atoms with E-state index in [2.05, 4.69) is 25.8 Å². The summed E-state index contributed by atoms with van der Waals surface area (Å²) < 4.78 is 0. The molecule has 1 aliphatic carbocycles. The highest BCUT2D eigenvalue weighted by atomic mass is 15.1. The molecule has 1 fully saturated rings. The van der Waals surface area contributed by atoms with Gasteiger partial charge in [0.2, 0.25) is 0 Å². The van der Waals surface area contributed by atoms with E-state index in [-0.39, 0.29) is 0 Å². The first-order valence-electron chi connectivity index (χ1n) is 4.55. The van der Waals surface area contributed by atoms with E-state index in [0.29, 0.717) is 6.04 Å². The van der Waals surface area contributed by atoms with Crippen molar-refractivity contribution in [1.82, 2.24) is 4.90 Å². The van der Waals surface area contributed by atoms with Crippen LogP contribution in [-0.4, -0.2) is 30.6 Å². The van der Waals surface area contributed by atoms with Crippen molar-refractivity contribution in [3.63, 3.8) is 0 Å². The number of nitrogens with zero attached hydrogens (tertiary/aromatic N) is 1. The molecule has 0 unspecified atom stereocenters.